The number of methoxy groups -OCH3 is 1. The zero-order valence-electron chi connectivity index (χ0n) is 19.4. The molecule has 0 aromatic heterocycles. The van der Waals surface area contributed by atoms with Gasteiger partial charge in [0.15, 0.2) is 0 Å². The van der Waals surface area contributed by atoms with E-state index in [1.54, 1.807) is 7.11 Å². The first-order chi connectivity index (χ1) is 16.6. The highest BCUT2D eigenvalue weighted by atomic mass is 35.5. The topological polar surface area (TPSA) is 44.8 Å². The molecule has 176 valence electrons. The van der Waals surface area contributed by atoms with Gasteiger partial charge in [0, 0.05) is 49.1 Å². The summed E-state index contributed by atoms with van der Waals surface area (Å²) < 4.78 is 5.28. The Morgan fingerprint density at radius 3 is 2.47 bits per heavy atom. The van der Waals surface area contributed by atoms with Crippen molar-refractivity contribution < 1.29 is 9.53 Å². The van der Waals surface area contributed by atoms with Crippen LogP contribution in [0.3, 0.4) is 0 Å². The first-order valence-electron chi connectivity index (χ1n) is 11.8. The average molecular weight is 476 g/mol. The van der Waals surface area contributed by atoms with Crippen LogP contribution in [0.2, 0.25) is 5.02 Å². The van der Waals surface area contributed by atoms with Crippen molar-refractivity contribution >= 4 is 23.3 Å². The first-order valence-corrected chi connectivity index (χ1v) is 12.2. The van der Waals surface area contributed by atoms with Crippen LogP contribution in [0.25, 0.3) is 0 Å². The van der Waals surface area contributed by atoms with E-state index in [-0.39, 0.29) is 18.1 Å². The lowest BCUT2D eigenvalue weighted by Crippen LogP contribution is -2.52. The number of nitrogens with zero attached hydrogens (tertiary/aromatic N) is 2. The maximum absolute atomic E-state index is 13.3. The Morgan fingerprint density at radius 2 is 1.71 bits per heavy atom. The number of para-hydroxylation sites is 1. The third-order valence-electron chi connectivity index (χ3n) is 6.85. The van der Waals surface area contributed by atoms with Crippen molar-refractivity contribution in [3.05, 3.63) is 100 Å². The van der Waals surface area contributed by atoms with Gasteiger partial charge in [-0.2, -0.15) is 0 Å². The molecule has 2 amide bonds. The van der Waals surface area contributed by atoms with Gasteiger partial charge in [0.05, 0.1) is 12.6 Å². The van der Waals surface area contributed by atoms with Crippen LogP contribution in [0.15, 0.2) is 72.8 Å². The molecule has 3 aromatic carbocycles. The number of rotatable bonds is 6. The van der Waals surface area contributed by atoms with Crippen LogP contribution in [-0.4, -0.2) is 42.1 Å². The van der Waals surface area contributed by atoms with Gasteiger partial charge in [-0.1, -0.05) is 66.2 Å². The predicted molar refractivity (Wildman–Crippen MR) is 136 cm³/mol. The van der Waals surface area contributed by atoms with E-state index in [1.807, 2.05) is 42.5 Å². The highest BCUT2D eigenvalue weighted by Gasteiger charge is 2.39. The fourth-order valence-corrected chi connectivity index (χ4v) is 5.38. The van der Waals surface area contributed by atoms with Crippen LogP contribution in [-0.2, 0) is 17.9 Å². The Morgan fingerprint density at radius 1 is 0.971 bits per heavy atom. The van der Waals surface area contributed by atoms with Crippen molar-refractivity contribution in [2.75, 3.05) is 25.5 Å². The minimum absolute atomic E-state index is 0.0237. The molecular weight excluding hydrogens is 446 g/mol. The Labute approximate surface area is 206 Å². The summed E-state index contributed by atoms with van der Waals surface area (Å²) in [6, 6.07) is 24.6. The molecule has 1 atom stereocenters. The minimum Gasteiger partial charge on any atom is -0.380 e. The van der Waals surface area contributed by atoms with Crippen LogP contribution in [0.1, 0.15) is 41.1 Å². The molecule has 2 aliphatic rings. The largest absolute Gasteiger partial charge is 0.380 e. The summed E-state index contributed by atoms with van der Waals surface area (Å²) >= 11 is 6.17. The van der Waals surface area contributed by atoms with Crippen LogP contribution < -0.4 is 5.32 Å². The van der Waals surface area contributed by atoms with Crippen molar-refractivity contribution in [2.45, 2.75) is 38.1 Å². The van der Waals surface area contributed by atoms with E-state index in [0.29, 0.717) is 11.6 Å². The number of anilines is 1. The number of likely N-dealkylation sites (tertiary alicyclic amines) is 1. The van der Waals surface area contributed by atoms with Gasteiger partial charge in [0.1, 0.15) is 0 Å². The van der Waals surface area contributed by atoms with Gasteiger partial charge in [-0.25, -0.2) is 4.79 Å². The number of benzene rings is 3. The molecule has 0 spiro atoms. The summed E-state index contributed by atoms with van der Waals surface area (Å²) in [5, 5.41) is 3.82. The molecule has 5 nitrogen and oxygen atoms in total. The zero-order chi connectivity index (χ0) is 23.5. The molecule has 0 radical (unpaired) electrons. The normalized spacial score (nSPS) is 19.1. The molecule has 3 aromatic rings. The summed E-state index contributed by atoms with van der Waals surface area (Å²) in [6.07, 6.45) is 1.88. The second kappa shape index (κ2) is 10.2. The van der Waals surface area contributed by atoms with E-state index < -0.39 is 0 Å². The minimum atomic E-state index is -0.121. The summed E-state index contributed by atoms with van der Waals surface area (Å²) in [5.74, 6) is 0. The lowest BCUT2D eigenvalue weighted by Gasteiger charge is -2.45. The van der Waals surface area contributed by atoms with Crippen LogP contribution in [0.5, 0.6) is 0 Å². The molecule has 6 heteroatoms. The number of urea groups is 1. The third kappa shape index (κ3) is 4.83. The van der Waals surface area contributed by atoms with Gasteiger partial charge in [0.25, 0.3) is 0 Å². The number of nitrogens with one attached hydrogen (secondary N) is 1. The van der Waals surface area contributed by atoms with Crippen molar-refractivity contribution in [2.24, 2.45) is 0 Å². The van der Waals surface area contributed by atoms with Gasteiger partial charge < -0.3 is 15.0 Å². The Balaban J connectivity index is 1.34. The molecule has 5 rings (SSSR count). The fraction of sp³-hybridized carbons (Fsp3) is 0.321. The SMILES string of the molecule is COCc1cccc(CN2CCC(N3C(=O)Nc4ccccc4C3c3ccc(Cl)cc3)CC2)c1. The Bertz CT molecular complexity index is 1140. The number of piperidine rings is 1. The predicted octanol–water partition coefficient (Wildman–Crippen LogP) is 6.09. The molecular formula is C28H30ClN3O2. The van der Waals surface area contributed by atoms with E-state index in [0.717, 1.165) is 49.3 Å². The quantitative estimate of drug-likeness (QED) is 0.469. The molecule has 1 saturated heterocycles. The van der Waals surface area contributed by atoms with Crippen molar-refractivity contribution in [3.8, 4) is 0 Å². The van der Waals surface area contributed by atoms with E-state index in [1.165, 1.54) is 11.1 Å². The van der Waals surface area contributed by atoms with E-state index in [2.05, 4.69) is 45.4 Å². The number of halogens is 1. The van der Waals surface area contributed by atoms with Crippen molar-refractivity contribution in [1.29, 1.82) is 0 Å². The maximum Gasteiger partial charge on any atom is 0.322 e. The monoisotopic (exact) mass is 475 g/mol. The van der Waals surface area contributed by atoms with E-state index in [9.17, 15) is 4.79 Å². The Hall–Kier alpha value is -2.86. The van der Waals surface area contributed by atoms with Crippen molar-refractivity contribution in [3.63, 3.8) is 0 Å². The molecule has 0 bridgehead atoms. The van der Waals surface area contributed by atoms with Gasteiger partial charge in [-0.15, -0.1) is 0 Å². The molecule has 1 fully saturated rings. The van der Waals surface area contributed by atoms with Gasteiger partial charge in [-0.05, 0) is 47.7 Å². The van der Waals surface area contributed by atoms with Gasteiger partial charge in [0.2, 0.25) is 0 Å². The number of hydrogen-bond acceptors (Lipinski definition) is 3. The number of fused-ring (bicyclic) bond motifs is 1. The van der Waals surface area contributed by atoms with Crippen LogP contribution in [0, 0.1) is 0 Å². The van der Waals surface area contributed by atoms with Crippen LogP contribution >= 0.6 is 11.6 Å². The number of ether oxygens (including phenoxy) is 1. The lowest BCUT2D eigenvalue weighted by molar-refractivity contribution is 0.106. The standard InChI is InChI=1S/C28H30ClN3O2/c1-34-19-21-6-4-5-20(17-21)18-31-15-13-24(14-16-31)32-27(22-9-11-23(29)12-10-22)25-7-2-3-8-26(25)30-28(32)33/h2-12,17,24,27H,13-16,18-19H2,1H3,(H,30,33). The van der Waals surface area contributed by atoms with Gasteiger partial charge in [-0.3, -0.25) is 4.90 Å². The molecule has 0 saturated carbocycles. The number of hydrogen-bond donors (Lipinski definition) is 1. The zero-order valence-corrected chi connectivity index (χ0v) is 20.2. The van der Waals surface area contributed by atoms with Crippen LogP contribution in [0.4, 0.5) is 10.5 Å². The second-order valence-electron chi connectivity index (χ2n) is 9.14. The van der Waals surface area contributed by atoms with Gasteiger partial charge >= 0.3 is 6.03 Å². The van der Waals surface area contributed by atoms with Crippen molar-refractivity contribution in [1.82, 2.24) is 9.80 Å². The molecule has 1 unspecified atom stereocenters. The Kier molecular flexibility index (Phi) is 6.86. The molecule has 34 heavy (non-hydrogen) atoms. The molecule has 0 aliphatic carbocycles. The molecule has 2 heterocycles. The summed E-state index contributed by atoms with van der Waals surface area (Å²) in [5.41, 5.74) is 5.60. The fourth-order valence-electron chi connectivity index (χ4n) is 5.26. The first kappa shape index (κ1) is 22.9. The van der Waals surface area contributed by atoms with E-state index >= 15 is 0 Å². The lowest BCUT2D eigenvalue weighted by atomic mass is 9.90. The highest BCUT2D eigenvalue weighted by molar-refractivity contribution is 6.30. The summed E-state index contributed by atoms with van der Waals surface area (Å²) in [4.78, 5) is 17.9. The second-order valence-corrected chi connectivity index (χ2v) is 9.58. The third-order valence-corrected chi connectivity index (χ3v) is 7.11. The average Bonchev–Trinajstić information content (AvgIpc) is 2.85. The van der Waals surface area contributed by atoms with E-state index in [4.69, 9.17) is 16.3 Å². The maximum atomic E-state index is 13.3. The molecule has 1 N–H and O–H groups in total. The smallest absolute Gasteiger partial charge is 0.322 e. The molecule has 2 aliphatic heterocycles. The number of carbonyl (C=O) groups excluding carboxylic acids is 1. The highest BCUT2D eigenvalue weighted by Crippen LogP contribution is 2.40. The number of amides is 2. The number of carbonyl (C=O) groups is 1. The summed E-state index contributed by atoms with van der Waals surface area (Å²) in [6.45, 7) is 3.46. The summed E-state index contributed by atoms with van der Waals surface area (Å²) in [7, 11) is 1.73.